The topological polar surface area (TPSA) is 84.3 Å². The van der Waals surface area contributed by atoms with Crippen molar-refractivity contribution in [1.82, 2.24) is 14.7 Å². The summed E-state index contributed by atoms with van der Waals surface area (Å²) in [6.45, 7) is 2.97. The smallest absolute Gasteiger partial charge is 0.231 e. The Bertz CT molecular complexity index is 918. The predicted octanol–water partition coefficient (Wildman–Crippen LogP) is 1.23. The number of fused-ring (bicyclic) bond motifs is 1. The van der Waals surface area contributed by atoms with Gasteiger partial charge >= 0.3 is 0 Å². The molecule has 1 aliphatic rings. The molecule has 7 nitrogen and oxygen atoms in total. The summed E-state index contributed by atoms with van der Waals surface area (Å²) in [5, 5.41) is 4.26. The van der Waals surface area contributed by atoms with E-state index in [4.69, 9.17) is 0 Å². The molecule has 1 amide bonds. The number of aryl methyl sites for hydroxylation is 2. The second-order valence-corrected chi connectivity index (χ2v) is 8.25. The molecule has 0 spiro atoms. The molecule has 134 valence electrons. The van der Waals surface area contributed by atoms with Crippen molar-refractivity contribution in [1.29, 1.82) is 0 Å². The van der Waals surface area contributed by atoms with E-state index in [1.165, 1.54) is 0 Å². The Balaban J connectivity index is 1.79. The van der Waals surface area contributed by atoms with E-state index in [2.05, 4.69) is 9.82 Å². The van der Waals surface area contributed by atoms with Crippen LogP contribution in [0.3, 0.4) is 0 Å². The number of aromatic nitrogens is 2. The van der Waals surface area contributed by atoms with Gasteiger partial charge < -0.3 is 4.90 Å². The second-order valence-electron chi connectivity index (χ2n) is 6.50. The summed E-state index contributed by atoms with van der Waals surface area (Å²) < 4.78 is 27.2. The van der Waals surface area contributed by atoms with Crippen molar-refractivity contribution < 1.29 is 13.2 Å². The molecule has 0 atom stereocenters. The fourth-order valence-electron chi connectivity index (χ4n) is 3.17. The van der Waals surface area contributed by atoms with Crippen LogP contribution in [0.4, 0.5) is 5.82 Å². The van der Waals surface area contributed by atoms with E-state index in [0.717, 1.165) is 28.6 Å². The third-order valence-electron chi connectivity index (χ3n) is 4.31. The van der Waals surface area contributed by atoms with E-state index in [1.54, 1.807) is 16.6 Å². The standard InChI is InChI=1S/C17H22N4O3S/c1-12-5-4-6-13(9-12)10-16(22)21-8-7-15-14(11-21)17(18-20(15)2)19-25(3,23)24/h4-6,9H,7-8,10-11H2,1-3H3,(H,18,19). The highest BCUT2D eigenvalue weighted by Gasteiger charge is 2.27. The van der Waals surface area contributed by atoms with Gasteiger partial charge in [0.2, 0.25) is 15.9 Å². The number of carbonyl (C=O) groups excluding carboxylic acids is 1. The third-order valence-corrected chi connectivity index (χ3v) is 4.88. The number of rotatable bonds is 4. The third kappa shape index (κ3) is 4.01. The van der Waals surface area contributed by atoms with Gasteiger partial charge in [0, 0.05) is 31.3 Å². The summed E-state index contributed by atoms with van der Waals surface area (Å²) in [5.41, 5.74) is 3.84. The van der Waals surface area contributed by atoms with Crippen LogP contribution in [0.5, 0.6) is 0 Å². The van der Waals surface area contributed by atoms with Crippen molar-refractivity contribution in [2.75, 3.05) is 17.5 Å². The Labute approximate surface area is 147 Å². The molecule has 0 aliphatic carbocycles. The maximum absolute atomic E-state index is 12.7. The van der Waals surface area contributed by atoms with Crippen molar-refractivity contribution in [3.8, 4) is 0 Å². The molecule has 0 unspecified atom stereocenters. The summed E-state index contributed by atoms with van der Waals surface area (Å²) in [5.74, 6) is 0.346. The van der Waals surface area contributed by atoms with Crippen molar-refractivity contribution in [3.05, 3.63) is 46.6 Å². The summed E-state index contributed by atoms with van der Waals surface area (Å²) in [6.07, 6.45) is 2.09. The van der Waals surface area contributed by atoms with Crippen LogP contribution >= 0.6 is 0 Å². The first-order valence-corrected chi connectivity index (χ1v) is 9.98. The quantitative estimate of drug-likeness (QED) is 0.886. The largest absolute Gasteiger partial charge is 0.337 e. The maximum atomic E-state index is 12.7. The van der Waals surface area contributed by atoms with Crippen LogP contribution in [0.15, 0.2) is 24.3 Å². The minimum absolute atomic E-state index is 0.0328. The van der Waals surface area contributed by atoms with Gasteiger partial charge in [0.25, 0.3) is 0 Å². The molecule has 1 aliphatic heterocycles. The number of carbonyl (C=O) groups is 1. The molecule has 0 saturated heterocycles. The Hall–Kier alpha value is -2.35. The molecule has 8 heteroatoms. The zero-order valence-electron chi connectivity index (χ0n) is 14.6. The molecule has 3 rings (SSSR count). The van der Waals surface area contributed by atoms with Gasteiger partial charge in [-0.25, -0.2) is 8.42 Å². The average molecular weight is 362 g/mol. The van der Waals surface area contributed by atoms with Gasteiger partial charge in [0.15, 0.2) is 5.82 Å². The lowest BCUT2D eigenvalue weighted by Crippen LogP contribution is -2.37. The minimum atomic E-state index is -3.42. The Kier molecular flexibility index (Phi) is 4.55. The van der Waals surface area contributed by atoms with Crippen LogP contribution < -0.4 is 4.72 Å². The van der Waals surface area contributed by atoms with Gasteiger partial charge in [-0.1, -0.05) is 29.8 Å². The molecular weight excluding hydrogens is 340 g/mol. The van der Waals surface area contributed by atoms with E-state index < -0.39 is 10.0 Å². The highest BCUT2D eigenvalue weighted by molar-refractivity contribution is 7.92. The van der Waals surface area contributed by atoms with Crippen LogP contribution in [-0.4, -0.2) is 41.8 Å². The molecule has 0 saturated carbocycles. The van der Waals surface area contributed by atoms with Crippen molar-refractivity contribution in [2.24, 2.45) is 7.05 Å². The number of hydrogen-bond acceptors (Lipinski definition) is 4. The van der Waals surface area contributed by atoms with Gasteiger partial charge in [-0.15, -0.1) is 0 Å². The lowest BCUT2D eigenvalue weighted by Gasteiger charge is -2.27. The fraction of sp³-hybridized carbons (Fsp3) is 0.412. The Morgan fingerprint density at radius 1 is 1.36 bits per heavy atom. The maximum Gasteiger partial charge on any atom is 0.231 e. The number of hydrogen-bond donors (Lipinski definition) is 1. The lowest BCUT2D eigenvalue weighted by atomic mass is 10.0. The first kappa shape index (κ1) is 17.5. The van der Waals surface area contributed by atoms with E-state index in [9.17, 15) is 13.2 Å². The SMILES string of the molecule is Cc1cccc(CC(=O)N2CCc3c(c(NS(C)(=O)=O)nn3C)C2)c1. The molecule has 1 N–H and O–H groups in total. The second kappa shape index (κ2) is 6.51. The highest BCUT2D eigenvalue weighted by Crippen LogP contribution is 2.26. The fourth-order valence-corrected chi connectivity index (χ4v) is 3.69. The van der Waals surface area contributed by atoms with E-state index in [0.29, 0.717) is 31.7 Å². The number of benzene rings is 1. The van der Waals surface area contributed by atoms with Crippen LogP contribution in [0.1, 0.15) is 22.4 Å². The van der Waals surface area contributed by atoms with Crippen molar-refractivity contribution in [3.63, 3.8) is 0 Å². The number of anilines is 1. The molecule has 0 radical (unpaired) electrons. The van der Waals surface area contributed by atoms with Crippen LogP contribution in [0.2, 0.25) is 0 Å². The molecule has 25 heavy (non-hydrogen) atoms. The van der Waals surface area contributed by atoms with Gasteiger partial charge in [-0.2, -0.15) is 5.10 Å². The zero-order valence-corrected chi connectivity index (χ0v) is 15.4. The summed E-state index contributed by atoms with van der Waals surface area (Å²) in [4.78, 5) is 14.4. The molecule has 0 fully saturated rings. The summed E-state index contributed by atoms with van der Waals surface area (Å²) in [6, 6.07) is 7.90. The van der Waals surface area contributed by atoms with Crippen LogP contribution in [0, 0.1) is 6.92 Å². The number of sulfonamides is 1. The van der Waals surface area contributed by atoms with E-state index in [-0.39, 0.29) is 5.91 Å². The molecule has 1 aromatic heterocycles. The first-order chi connectivity index (χ1) is 11.7. The number of amides is 1. The van der Waals surface area contributed by atoms with Crippen molar-refractivity contribution >= 4 is 21.7 Å². The summed E-state index contributed by atoms with van der Waals surface area (Å²) in [7, 11) is -1.63. The van der Waals surface area contributed by atoms with Crippen LogP contribution in [-0.2, 0) is 41.3 Å². The number of nitrogens with zero attached hydrogens (tertiary/aromatic N) is 3. The zero-order chi connectivity index (χ0) is 18.2. The van der Waals surface area contributed by atoms with Crippen molar-refractivity contribution in [2.45, 2.75) is 26.3 Å². The Morgan fingerprint density at radius 3 is 2.80 bits per heavy atom. The van der Waals surface area contributed by atoms with Gasteiger partial charge in [-0.3, -0.25) is 14.2 Å². The van der Waals surface area contributed by atoms with Gasteiger partial charge in [-0.05, 0) is 12.5 Å². The molecule has 2 heterocycles. The van der Waals surface area contributed by atoms with E-state index in [1.807, 2.05) is 31.2 Å². The normalized spacial score (nSPS) is 14.3. The minimum Gasteiger partial charge on any atom is -0.337 e. The molecule has 1 aromatic carbocycles. The molecular formula is C17H22N4O3S. The Morgan fingerprint density at radius 2 is 2.12 bits per heavy atom. The summed E-state index contributed by atoms with van der Waals surface area (Å²) >= 11 is 0. The van der Waals surface area contributed by atoms with Crippen LogP contribution in [0.25, 0.3) is 0 Å². The lowest BCUT2D eigenvalue weighted by molar-refractivity contribution is -0.131. The predicted molar refractivity (Wildman–Crippen MR) is 95.7 cm³/mol. The average Bonchev–Trinajstić information content (AvgIpc) is 2.81. The van der Waals surface area contributed by atoms with Gasteiger partial charge in [0.1, 0.15) is 0 Å². The number of nitrogens with one attached hydrogen (secondary N) is 1. The van der Waals surface area contributed by atoms with Gasteiger partial charge in [0.05, 0.1) is 19.2 Å². The first-order valence-electron chi connectivity index (χ1n) is 8.09. The highest BCUT2D eigenvalue weighted by atomic mass is 32.2. The molecule has 0 bridgehead atoms. The van der Waals surface area contributed by atoms with E-state index >= 15 is 0 Å². The monoisotopic (exact) mass is 362 g/mol. The molecule has 2 aromatic rings.